The van der Waals surface area contributed by atoms with Gasteiger partial charge in [0.15, 0.2) is 17.5 Å². The van der Waals surface area contributed by atoms with Gasteiger partial charge in [-0.1, -0.05) is 0 Å². The number of aliphatic imine (C=N–C) groups is 1. The van der Waals surface area contributed by atoms with E-state index in [2.05, 4.69) is 48.5 Å². The molecule has 150 valence electrons. The Morgan fingerprint density at radius 2 is 1.58 bits per heavy atom. The quantitative estimate of drug-likeness (QED) is 0.338. The lowest BCUT2D eigenvalue weighted by atomic mass is 10.0. The third-order valence-electron chi connectivity index (χ3n) is 4.31. The molecule has 2 N–H and O–H groups in total. The Morgan fingerprint density at radius 3 is 1.96 bits per heavy atom. The van der Waals surface area contributed by atoms with Crippen LogP contribution in [0.3, 0.4) is 0 Å². The van der Waals surface area contributed by atoms with Crippen molar-refractivity contribution < 1.29 is 14.2 Å². The second-order valence-corrected chi connectivity index (χ2v) is 6.52. The molecule has 0 aliphatic carbocycles. The Hall–Kier alpha value is -1.42. The van der Waals surface area contributed by atoms with Crippen molar-refractivity contribution in [3.63, 3.8) is 0 Å². The number of ether oxygens (including phenoxy) is 3. The summed E-state index contributed by atoms with van der Waals surface area (Å²) in [6, 6.07) is 3.84. The van der Waals surface area contributed by atoms with E-state index in [1.165, 1.54) is 0 Å². The molecule has 0 atom stereocenters. The van der Waals surface area contributed by atoms with Crippen molar-refractivity contribution in [3.8, 4) is 17.2 Å². The van der Waals surface area contributed by atoms with Crippen LogP contribution >= 0.6 is 24.0 Å². The lowest BCUT2D eigenvalue weighted by Gasteiger charge is -2.33. The molecule has 0 bridgehead atoms. The first kappa shape index (κ1) is 24.6. The molecule has 0 amide bonds. The first-order valence-corrected chi connectivity index (χ1v) is 8.19. The zero-order chi connectivity index (χ0) is 19.0. The summed E-state index contributed by atoms with van der Waals surface area (Å²) in [6.45, 7) is 5.70. The van der Waals surface area contributed by atoms with Crippen molar-refractivity contribution in [2.45, 2.75) is 25.9 Å². The van der Waals surface area contributed by atoms with Crippen LogP contribution in [0.5, 0.6) is 17.2 Å². The summed E-state index contributed by atoms with van der Waals surface area (Å²) in [5.41, 5.74) is 1.02. The van der Waals surface area contributed by atoms with Crippen LogP contribution in [0.2, 0.25) is 0 Å². The van der Waals surface area contributed by atoms with Gasteiger partial charge in [-0.2, -0.15) is 0 Å². The minimum absolute atomic E-state index is 0. The highest BCUT2D eigenvalue weighted by atomic mass is 127. The molecular formula is C18H33IN4O3. The largest absolute Gasteiger partial charge is 0.493 e. The molecule has 1 rings (SSSR count). The Balaban J connectivity index is 0.00000625. The number of hydrogen-bond donors (Lipinski definition) is 2. The van der Waals surface area contributed by atoms with E-state index >= 15 is 0 Å². The average Bonchev–Trinajstić information content (AvgIpc) is 2.60. The van der Waals surface area contributed by atoms with Crippen LogP contribution in [-0.4, -0.2) is 65.4 Å². The zero-order valence-corrected chi connectivity index (χ0v) is 19.4. The van der Waals surface area contributed by atoms with E-state index in [1.54, 1.807) is 28.4 Å². The first-order valence-electron chi connectivity index (χ1n) is 8.19. The highest BCUT2D eigenvalue weighted by Gasteiger charge is 2.20. The second-order valence-electron chi connectivity index (χ2n) is 6.52. The Bertz CT molecular complexity index is 567. The number of methoxy groups -OCH3 is 3. The van der Waals surface area contributed by atoms with Gasteiger partial charge in [0.1, 0.15) is 0 Å². The molecule has 8 heteroatoms. The van der Waals surface area contributed by atoms with E-state index in [4.69, 9.17) is 14.2 Å². The van der Waals surface area contributed by atoms with Gasteiger partial charge < -0.3 is 29.7 Å². The fourth-order valence-corrected chi connectivity index (χ4v) is 2.10. The zero-order valence-electron chi connectivity index (χ0n) is 17.1. The minimum atomic E-state index is 0. The molecule has 1 aromatic rings. The summed E-state index contributed by atoms with van der Waals surface area (Å²) in [7, 11) is 10.7. The Labute approximate surface area is 174 Å². The van der Waals surface area contributed by atoms with Crippen molar-refractivity contribution in [2.24, 2.45) is 4.99 Å². The van der Waals surface area contributed by atoms with E-state index in [0.717, 1.165) is 18.1 Å². The summed E-state index contributed by atoms with van der Waals surface area (Å²) in [6.07, 6.45) is 0. The maximum atomic E-state index is 5.39. The number of hydrogen-bond acceptors (Lipinski definition) is 5. The van der Waals surface area contributed by atoms with Gasteiger partial charge in [0.25, 0.3) is 0 Å². The van der Waals surface area contributed by atoms with Crippen LogP contribution in [0.25, 0.3) is 0 Å². The molecule has 0 saturated carbocycles. The summed E-state index contributed by atoms with van der Waals surface area (Å²) in [5.74, 6) is 2.60. The summed E-state index contributed by atoms with van der Waals surface area (Å²) in [5, 5.41) is 6.66. The fourth-order valence-electron chi connectivity index (χ4n) is 2.10. The fraction of sp³-hybridized carbons (Fsp3) is 0.611. The Kier molecular flexibility index (Phi) is 10.7. The van der Waals surface area contributed by atoms with Crippen LogP contribution in [-0.2, 0) is 6.54 Å². The normalized spacial score (nSPS) is 11.7. The van der Waals surface area contributed by atoms with Crippen molar-refractivity contribution in [2.75, 3.05) is 49.0 Å². The molecule has 1 aromatic carbocycles. The number of nitrogens with zero attached hydrogens (tertiary/aromatic N) is 2. The number of rotatable bonds is 8. The standard InChI is InChI=1S/C18H32N4O3.HI/c1-18(2,22(4)5)12-21-17(19-3)20-11-13-9-14(23-6)16(25-8)15(10-13)24-7;/h9-10H,11-12H2,1-8H3,(H2,19,20,21);1H. The lowest BCUT2D eigenvalue weighted by Crippen LogP contribution is -2.50. The van der Waals surface area contributed by atoms with Gasteiger partial charge in [0, 0.05) is 25.7 Å². The van der Waals surface area contributed by atoms with Crippen LogP contribution in [0.15, 0.2) is 17.1 Å². The molecule has 0 aromatic heterocycles. The van der Waals surface area contributed by atoms with E-state index < -0.39 is 0 Å². The molecule has 0 fully saturated rings. The Morgan fingerprint density at radius 1 is 1.04 bits per heavy atom. The van der Waals surface area contributed by atoms with E-state index in [1.807, 2.05) is 12.1 Å². The SMILES string of the molecule is CN=C(NCc1cc(OC)c(OC)c(OC)c1)NCC(C)(C)N(C)C.I. The number of halogens is 1. The van der Waals surface area contributed by atoms with Crippen LogP contribution < -0.4 is 24.8 Å². The molecule has 0 unspecified atom stereocenters. The van der Waals surface area contributed by atoms with Gasteiger partial charge >= 0.3 is 0 Å². The van der Waals surface area contributed by atoms with E-state index in [0.29, 0.717) is 23.8 Å². The molecule has 0 aliphatic heterocycles. The monoisotopic (exact) mass is 480 g/mol. The van der Waals surface area contributed by atoms with Gasteiger partial charge in [-0.15, -0.1) is 24.0 Å². The molecule has 26 heavy (non-hydrogen) atoms. The average molecular weight is 480 g/mol. The minimum Gasteiger partial charge on any atom is -0.493 e. The van der Waals surface area contributed by atoms with Gasteiger partial charge in [0.05, 0.1) is 21.3 Å². The summed E-state index contributed by atoms with van der Waals surface area (Å²) >= 11 is 0. The molecule has 0 spiro atoms. The number of benzene rings is 1. The van der Waals surface area contributed by atoms with Gasteiger partial charge in [-0.25, -0.2) is 0 Å². The third-order valence-corrected chi connectivity index (χ3v) is 4.31. The summed E-state index contributed by atoms with van der Waals surface area (Å²) in [4.78, 5) is 6.45. The van der Waals surface area contributed by atoms with Crippen molar-refractivity contribution in [3.05, 3.63) is 17.7 Å². The molecule has 0 radical (unpaired) electrons. The van der Waals surface area contributed by atoms with E-state index in [9.17, 15) is 0 Å². The second kappa shape index (κ2) is 11.3. The van der Waals surface area contributed by atoms with Crippen molar-refractivity contribution >= 4 is 29.9 Å². The maximum Gasteiger partial charge on any atom is 0.203 e. The topological polar surface area (TPSA) is 67.4 Å². The lowest BCUT2D eigenvalue weighted by molar-refractivity contribution is 0.197. The van der Waals surface area contributed by atoms with Crippen LogP contribution in [0.4, 0.5) is 0 Å². The van der Waals surface area contributed by atoms with Gasteiger partial charge in [-0.05, 0) is 45.6 Å². The first-order chi connectivity index (χ1) is 11.8. The van der Waals surface area contributed by atoms with Gasteiger partial charge in [-0.3, -0.25) is 4.99 Å². The predicted octanol–water partition coefficient (Wildman–Crippen LogP) is 2.34. The molecule has 0 heterocycles. The maximum absolute atomic E-state index is 5.39. The molecule has 0 aliphatic rings. The molecule has 0 saturated heterocycles. The number of guanidine groups is 1. The van der Waals surface area contributed by atoms with Gasteiger partial charge in [0.2, 0.25) is 5.75 Å². The summed E-state index contributed by atoms with van der Waals surface area (Å²) < 4.78 is 16.1. The molecular weight excluding hydrogens is 447 g/mol. The van der Waals surface area contributed by atoms with Crippen LogP contribution in [0.1, 0.15) is 19.4 Å². The highest BCUT2D eigenvalue weighted by Crippen LogP contribution is 2.38. The predicted molar refractivity (Wildman–Crippen MR) is 117 cm³/mol. The third kappa shape index (κ3) is 6.71. The van der Waals surface area contributed by atoms with E-state index in [-0.39, 0.29) is 29.5 Å². The van der Waals surface area contributed by atoms with Crippen LogP contribution in [0, 0.1) is 0 Å². The smallest absolute Gasteiger partial charge is 0.203 e. The molecule has 7 nitrogen and oxygen atoms in total. The number of likely N-dealkylation sites (N-methyl/N-ethyl adjacent to an activating group) is 1. The number of nitrogens with one attached hydrogen (secondary N) is 2. The van der Waals surface area contributed by atoms with Crippen molar-refractivity contribution in [1.82, 2.24) is 15.5 Å². The van der Waals surface area contributed by atoms with Crippen molar-refractivity contribution in [1.29, 1.82) is 0 Å². The highest BCUT2D eigenvalue weighted by molar-refractivity contribution is 14.0.